The summed E-state index contributed by atoms with van der Waals surface area (Å²) in [6, 6.07) is 11.9. The van der Waals surface area contributed by atoms with Crippen LogP contribution in [0.1, 0.15) is 41.1 Å². The molecule has 7 nitrogen and oxygen atoms in total. The molecule has 8 heteroatoms. The normalized spacial score (nSPS) is 18.5. The van der Waals surface area contributed by atoms with Gasteiger partial charge in [-0.3, -0.25) is 14.5 Å². The number of ether oxygens (including phenoxy) is 2. The SMILES string of the molecule is CCOc1cccc(C2c3c(oc4ccc(Cl)cc4c3=O)C(=O)N2CCCN2CCOCC2)c1. The first kappa shape index (κ1) is 22.9. The number of rotatable bonds is 7. The molecule has 3 aromatic rings. The molecule has 1 saturated heterocycles. The Morgan fingerprint density at radius 1 is 1.09 bits per heavy atom. The maximum absolute atomic E-state index is 13.6. The van der Waals surface area contributed by atoms with E-state index in [-0.39, 0.29) is 17.1 Å². The van der Waals surface area contributed by atoms with Crippen molar-refractivity contribution in [3.05, 3.63) is 74.6 Å². The molecule has 0 bridgehead atoms. The highest BCUT2D eigenvalue weighted by molar-refractivity contribution is 6.31. The summed E-state index contributed by atoms with van der Waals surface area (Å²) in [5.74, 6) is 0.540. The van der Waals surface area contributed by atoms with Gasteiger partial charge in [-0.15, -0.1) is 0 Å². The Kier molecular flexibility index (Phi) is 6.59. The minimum atomic E-state index is -0.549. The van der Waals surface area contributed by atoms with Gasteiger partial charge >= 0.3 is 0 Å². The number of hydrogen-bond donors (Lipinski definition) is 0. The zero-order valence-corrected chi connectivity index (χ0v) is 19.8. The minimum absolute atomic E-state index is 0.109. The second-order valence-corrected chi connectivity index (χ2v) is 8.97. The lowest BCUT2D eigenvalue weighted by Gasteiger charge is -2.29. The quantitative estimate of drug-likeness (QED) is 0.504. The fourth-order valence-electron chi connectivity index (χ4n) is 4.80. The Balaban J connectivity index is 1.54. The van der Waals surface area contributed by atoms with Crippen molar-refractivity contribution in [1.29, 1.82) is 0 Å². The second-order valence-electron chi connectivity index (χ2n) is 8.53. The predicted octanol–water partition coefficient (Wildman–Crippen LogP) is 4.11. The number of morpholine rings is 1. The Labute approximate surface area is 202 Å². The van der Waals surface area contributed by atoms with Crippen LogP contribution < -0.4 is 10.2 Å². The topological polar surface area (TPSA) is 72.2 Å². The van der Waals surface area contributed by atoms with E-state index in [2.05, 4.69) is 4.90 Å². The first-order valence-corrected chi connectivity index (χ1v) is 12.0. The van der Waals surface area contributed by atoms with Crippen molar-refractivity contribution in [3.8, 4) is 5.75 Å². The molecule has 178 valence electrons. The molecule has 0 spiro atoms. The van der Waals surface area contributed by atoms with Crippen LogP contribution in [0.15, 0.2) is 51.7 Å². The molecular formula is C26H27ClN2O5. The summed E-state index contributed by atoms with van der Waals surface area (Å²) < 4.78 is 17.1. The van der Waals surface area contributed by atoms with Crippen molar-refractivity contribution in [2.45, 2.75) is 19.4 Å². The van der Waals surface area contributed by atoms with Crippen molar-refractivity contribution in [2.24, 2.45) is 0 Å². The molecule has 1 atom stereocenters. The second kappa shape index (κ2) is 9.78. The lowest BCUT2D eigenvalue weighted by atomic mass is 9.98. The fourth-order valence-corrected chi connectivity index (χ4v) is 4.97. The summed E-state index contributed by atoms with van der Waals surface area (Å²) in [4.78, 5) is 31.3. The lowest BCUT2D eigenvalue weighted by Crippen LogP contribution is -2.38. The minimum Gasteiger partial charge on any atom is -0.494 e. The summed E-state index contributed by atoms with van der Waals surface area (Å²) in [6.45, 7) is 7.04. The molecule has 1 unspecified atom stereocenters. The number of fused-ring (bicyclic) bond motifs is 2. The van der Waals surface area contributed by atoms with E-state index in [0.29, 0.717) is 40.5 Å². The summed E-state index contributed by atoms with van der Waals surface area (Å²) in [6.07, 6.45) is 0.779. The summed E-state index contributed by atoms with van der Waals surface area (Å²) in [7, 11) is 0. The molecule has 0 aliphatic carbocycles. The number of halogens is 1. The van der Waals surface area contributed by atoms with E-state index in [0.717, 1.165) is 44.8 Å². The summed E-state index contributed by atoms with van der Waals surface area (Å²) in [5.41, 5.74) is 1.31. The Morgan fingerprint density at radius 2 is 1.91 bits per heavy atom. The smallest absolute Gasteiger partial charge is 0.290 e. The Hall–Kier alpha value is -2.87. The van der Waals surface area contributed by atoms with Gasteiger partial charge in [0.25, 0.3) is 5.91 Å². The van der Waals surface area contributed by atoms with Crippen LogP contribution in [-0.4, -0.2) is 61.7 Å². The van der Waals surface area contributed by atoms with Gasteiger partial charge in [-0.2, -0.15) is 0 Å². The molecule has 0 radical (unpaired) electrons. The molecule has 1 fully saturated rings. The highest BCUT2D eigenvalue weighted by Gasteiger charge is 2.42. The van der Waals surface area contributed by atoms with Gasteiger partial charge in [0.1, 0.15) is 11.3 Å². The van der Waals surface area contributed by atoms with Gasteiger partial charge in [0.15, 0.2) is 5.43 Å². The van der Waals surface area contributed by atoms with E-state index in [1.54, 1.807) is 23.1 Å². The average Bonchev–Trinajstić information content (AvgIpc) is 3.13. The van der Waals surface area contributed by atoms with Gasteiger partial charge in [-0.05, 0) is 49.2 Å². The predicted molar refractivity (Wildman–Crippen MR) is 130 cm³/mol. The van der Waals surface area contributed by atoms with Crippen molar-refractivity contribution in [2.75, 3.05) is 46.0 Å². The number of carbonyl (C=O) groups excluding carboxylic acids is 1. The highest BCUT2D eigenvalue weighted by atomic mass is 35.5. The van der Waals surface area contributed by atoms with E-state index in [1.807, 2.05) is 31.2 Å². The zero-order chi connectivity index (χ0) is 23.7. The number of amides is 1. The monoisotopic (exact) mass is 482 g/mol. The number of benzene rings is 2. The van der Waals surface area contributed by atoms with E-state index in [1.165, 1.54) is 0 Å². The van der Waals surface area contributed by atoms with Crippen molar-refractivity contribution < 1.29 is 18.7 Å². The highest BCUT2D eigenvalue weighted by Crippen LogP contribution is 2.39. The third-order valence-corrected chi connectivity index (χ3v) is 6.62. The number of hydrogen-bond acceptors (Lipinski definition) is 6. The first-order valence-electron chi connectivity index (χ1n) is 11.7. The van der Waals surface area contributed by atoms with E-state index < -0.39 is 6.04 Å². The van der Waals surface area contributed by atoms with Gasteiger partial charge < -0.3 is 18.8 Å². The fraction of sp³-hybridized carbons (Fsp3) is 0.385. The van der Waals surface area contributed by atoms with E-state index in [4.69, 9.17) is 25.5 Å². The largest absolute Gasteiger partial charge is 0.494 e. The molecule has 5 rings (SSSR count). The molecule has 1 aromatic heterocycles. The van der Waals surface area contributed by atoms with Gasteiger partial charge in [-0.1, -0.05) is 23.7 Å². The van der Waals surface area contributed by atoms with Crippen molar-refractivity contribution >= 4 is 28.5 Å². The average molecular weight is 483 g/mol. The van der Waals surface area contributed by atoms with E-state index in [9.17, 15) is 9.59 Å². The lowest BCUT2D eigenvalue weighted by molar-refractivity contribution is 0.0353. The van der Waals surface area contributed by atoms with Gasteiger partial charge in [-0.25, -0.2) is 0 Å². The molecule has 1 amide bonds. The molecule has 0 saturated carbocycles. The number of nitrogens with zero attached hydrogens (tertiary/aromatic N) is 2. The molecule has 2 aromatic carbocycles. The maximum Gasteiger partial charge on any atom is 0.290 e. The van der Waals surface area contributed by atoms with Gasteiger partial charge in [0, 0.05) is 31.2 Å². The molecular weight excluding hydrogens is 456 g/mol. The maximum atomic E-state index is 13.6. The summed E-state index contributed by atoms with van der Waals surface area (Å²) >= 11 is 6.16. The molecule has 2 aliphatic rings. The van der Waals surface area contributed by atoms with Crippen molar-refractivity contribution in [3.63, 3.8) is 0 Å². The van der Waals surface area contributed by atoms with Crippen LogP contribution in [0.3, 0.4) is 0 Å². The van der Waals surface area contributed by atoms with Crippen LogP contribution in [0, 0.1) is 0 Å². The first-order chi connectivity index (χ1) is 16.6. The third kappa shape index (κ3) is 4.31. The van der Waals surface area contributed by atoms with Crippen LogP contribution in [0.2, 0.25) is 5.02 Å². The van der Waals surface area contributed by atoms with Crippen LogP contribution in [0.4, 0.5) is 0 Å². The molecule has 2 aliphatic heterocycles. The van der Waals surface area contributed by atoms with Crippen LogP contribution in [-0.2, 0) is 4.74 Å². The molecule has 34 heavy (non-hydrogen) atoms. The summed E-state index contributed by atoms with van der Waals surface area (Å²) in [5, 5.41) is 0.821. The molecule has 3 heterocycles. The van der Waals surface area contributed by atoms with Crippen LogP contribution in [0.25, 0.3) is 11.0 Å². The Bertz CT molecular complexity index is 1270. The number of carbonyl (C=O) groups is 1. The zero-order valence-electron chi connectivity index (χ0n) is 19.1. The van der Waals surface area contributed by atoms with Crippen LogP contribution in [0.5, 0.6) is 5.75 Å². The van der Waals surface area contributed by atoms with Gasteiger partial charge in [0.05, 0.1) is 36.8 Å². The van der Waals surface area contributed by atoms with E-state index >= 15 is 0 Å². The van der Waals surface area contributed by atoms with Crippen molar-refractivity contribution in [1.82, 2.24) is 9.80 Å². The molecule has 0 N–H and O–H groups in total. The third-order valence-electron chi connectivity index (χ3n) is 6.39. The Morgan fingerprint density at radius 3 is 2.71 bits per heavy atom. The van der Waals surface area contributed by atoms with Gasteiger partial charge in [0.2, 0.25) is 5.76 Å². The van der Waals surface area contributed by atoms with Crippen LogP contribution >= 0.6 is 11.6 Å². The standard InChI is InChI=1S/C26H27ClN2O5/c1-2-33-19-6-3-5-17(15-19)23-22-24(30)20-16-18(27)7-8-21(20)34-25(22)26(31)29(23)10-4-9-28-11-13-32-14-12-28/h3,5-8,15-16,23H,2,4,9-14H2,1H3.